The van der Waals surface area contributed by atoms with Gasteiger partial charge in [0.15, 0.2) is 0 Å². The van der Waals surface area contributed by atoms with Crippen molar-refractivity contribution in [1.29, 1.82) is 0 Å². The zero-order chi connectivity index (χ0) is 10.1. The van der Waals surface area contributed by atoms with Gasteiger partial charge in [0.25, 0.3) is 0 Å². The van der Waals surface area contributed by atoms with Crippen molar-refractivity contribution in [1.82, 2.24) is 4.90 Å². The van der Waals surface area contributed by atoms with E-state index in [1.807, 2.05) is 0 Å². The van der Waals surface area contributed by atoms with E-state index in [0.717, 1.165) is 5.92 Å². The Morgan fingerprint density at radius 1 is 0.923 bits per heavy atom. The van der Waals surface area contributed by atoms with E-state index in [1.54, 1.807) is 0 Å². The van der Waals surface area contributed by atoms with Gasteiger partial charge in [0.05, 0.1) is 0 Å². The van der Waals surface area contributed by atoms with Gasteiger partial charge in [-0.25, -0.2) is 0 Å². The molecule has 0 heterocycles. The summed E-state index contributed by atoms with van der Waals surface area (Å²) in [5.41, 5.74) is 0. The van der Waals surface area contributed by atoms with Crippen molar-refractivity contribution in [2.75, 3.05) is 19.6 Å². The zero-order valence-electron chi connectivity index (χ0n) is 9.97. The van der Waals surface area contributed by atoms with E-state index in [-0.39, 0.29) is 0 Å². The first-order valence-corrected chi connectivity index (χ1v) is 5.96. The third-order valence-corrected chi connectivity index (χ3v) is 2.71. The predicted molar refractivity (Wildman–Crippen MR) is 61.1 cm³/mol. The second kappa shape index (κ2) is 8.55. The normalized spacial score (nSPS) is 13.6. The molecule has 0 saturated heterocycles. The molecular formula is C12H27N. The molecule has 0 aromatic carbocycles. The van der Waals surface area contributed by atoms with Gasteiger partial charge >= 0.3 is 0 Å². The van der Waals surface area contributed by atoms with Crippen molar-refractivity contribution in [2.45, 2.75) is 53.4 Å². The smallest absolute Gasteiger partial charge is 0.00162 e. The SMILES string of the molecule is CCCN(CCC)CC[C@H](C)CC. The van der Waals surface area contributed by atoms with Crippen LogP contribution in [0.1, 0.15) is 53.4 Å². The lowest BCUT2D eigenvalue weighted by atomic mass is 10.1. The Morgan fingerprint density at radius 2 is 1.46 bits per heavy atom. The predicted octanol–water partition coefficient (Wildman–Crippen LogP) is 3.54. The van der Waals surface area contributed by atoms with Crippen LogP contribution >= 0.6 is 0 Å². The minimum Gasteiger partial charge on any atom is -0.303 e. The van der Waals surface area contributed by atoms with Gasteiger partial charge < -0.3 is 4.90 Å². The summed E-state index contributed by atoms with van der Waals surface area (Å²) in [6.07, 6.45) is 5.28. The topological polar surface area (TPSA) is 3.24 Å². The van der Waals surface area contributed by atoms with Crippen molar-refractivity contribution in [3.05, 3.63) is 0 Å². The van der Waals surface area contributed by atoms with Gasteiger partial charge in [-0.15, -0.1) is 0 Å². The fourth-order valence-electron chi connectivity index (χ4n) is 1.57. The summed E-state index contributed by atoms with van der Waals surface area (Å²) in [7, 11) is 0. The molecule has 80 valence electrons. The van der Waals surface area contributed by atoms with E-state index < -0.39 is 0 Å². The van der Waals surface area contributed by atoms with E-state index in [1.165, 1.54) is 45.3 Å². The third kappa shape index (κ3) is 7.06. The van der Waals surface area contributed by atoms with Crippen molar-refractivity contribution in [3.63, 3.8) is 0 Å². The van der Waals surface area contributed by atoms with E-state index in [0.29, 0.717) is 0 Å². The lowest BCUT2D eigenvalue weighted by molar-refractivity contribution is 0.254. The molecule has 0 unspecified atom stereocenters. The Balaban J connectivity index is 3.55. The molecule has 0 aliphatic carbocycles. The maximum Gasteiger partial charge on any atom is -0.00162 e. The Morgan fingerprint density at radius 3 is 1.85 bits per heavy atom. The van der Waals surface area contributed by atoms with Gasteiger partial charge in [0.1, 0.15) is 0 Å². The van der Waals surface area contributed by atoms with Crippen LogP contribution in [0.4, 0.5) is 0 Å². The Hall–Kier alpha value is -0.0400. The summed E-state index contributed by atoms with van der Waals surface area (Å²) in [4.78, 5) is 2.60. The molecule has 0 amide bonds. The van der Waals surface area contributed by atoms with Crippen molar-refractivity contribution >= 4 is 0 Å². The molecule has 0 rings (SSSR count). The van der Waals surface area contributed by atoms with Crippen LogP contribution in [0.15, 0.2) is 0 Å². The molecule has 0 aliphatic rings. The van der Waals surface area contributed by atoms with Gasteiger partial charge in [-0.1, -0.05) is 34.1 Å². The van der Waals surface area contributed by atoms with Gasteiger partial charge in [-0.2, -0.15) is 0 Å². The highest BCUT2D eigenvalue weighted by Gasteiger charge is 2.04. The number of hydrogen-bond acceptors (Lipinski definition) is 1. The van der Waals surface area contributed by atoms with E-state index in [4.69, 9.17) is 0 Å². The first-order valence-electron chi connectivity index (χ1n) is 5.96. The second-order valence-corrected chi connectivity index (χ2v) is 4.14. The lowest BCUT2D eigenvalue weighted by Crippen LogP contribution is -2.27. The van der Waals surface area contributed by atoms with Gasteiger partial charge in [-0.05, 0) is 44.8 Å². The van der Waals surface area contributed by atoms with Gasteiger partial charge in [0, 0.05) is 0 Å². The summed E-state index contributed by atoms with van der Waals surface area (Å²) in [6, 6.07) is 0. The van der Waals surface area contributed by atoms with E-state index in [2.05, 4.69) is 32.6 Å². The molecule has 0 saturated carbocycles. The minimum atomic E-state index is 0.899. The summed E-state index contributed by atoms with van der Waals surface area (Å²) in [6.45, 7) is 13.0. The highest BCUT2D eigenvalue weighted by molar-refractivity contribution is 4.59. The average molecular weight is 185 g/mol. The number of rotatable bonds is 8. The van der Waals surface area contributed by atoms with Crippen LogP contribution in [-0.4, -0.2) is 24.5 Å². The molecule has 0 bridgehead atoms. The second-order valence-electron chi connectivity index (χ2n) is 4.14. The first kappa shape index (κ1) is 13.0. The molecule has 0 aliphatic heterocycles. The van der Waals surface area contributed by atoms with Crippen molar-refractivity contribution < 1.29 is 0 Å². The molecule has 1 heteroatoms. The molecule has 1 nitrogen and oxygen atoms in total. The standard InChI is InChI=1S/C12H27N/c1-5-9-13(10-6-2)11-8-12(4)7-3/h12H,5-11H2,1-4H3/t12-/m1/s1. The molecule has 13 heavy (non-hydrogen) atoms. The van der Waals surface area contributed by atoms with Crippen LogP contribution in [0, 0.1) is 5.92 Å². The molecule has 0 aromatic rings. The Labute approximate surface area is 84.5 Å². The summed E-state index contributed by atoms with van der Waals surface area (Å²) >= 11 is 0. The van der Waals surface area contributed by atoms with E-state index in [9.17, 15) is 0 Å². The van der Waals surface area contributed by atoms with Crippen LogP contribution in [0.2, 0.25) is 0 Å². The van der Waals surface area contributed by atoms with E-state index >= 15 is 0 Å². The van der Waals surface area contributed by atoms with Crippen LogP contribution < -0.4 is 0 Å². The lowest BCUT2D eigenvalue weighted by Gasteiger charge is -2.22. The monoisotopic (exact) mass is 185 g/mol. The summed E-state index contributed by atoms with van der Waals surface area (Å²) < 4.78 is 0. The molecule has 0 spiro atoms. The Bertz CT molecular complexity index is 95.3. The van der Waals surface area contributed by atoms with Crippen LogP contribution in [0.3, 0.4) is 0 Å². The van der Waals surface area contributed by atoms with Crippen LogP contribution in [0.25, 0.3) is 0 Å². The largest absolute Gasteiger partial charge is 0.303 e. The van der Waals surface area contributed by atoms with Crippen LogP contribution in [-0.2, 0) is 0 Å². The highest BCUT2D eigenvalue weighted by Crippen LogP contribution is 2.08. The summed E-state index contributed by atoms with van der Waals surface area (Å²) in [5, 5.41) is 0. The molecule has 0 N–H and O–H groups in total. The average Bonchev–Trinajstić information content (AvgIpc) is 2.14. The summed E-state index contributed by atoms with van der Waals surface area (Å²) in [5.74, 6) is 0.899. The maximum atomic E-state index is 2.60. The fraction of sp³-hybridized carbons (Fsp3) is 1.00. The number of nitrogens with zero attached hydrogens (tertiary/aromatic N) is 1. The maximum absolute atomic E-state index is 2.60. The molecule has 0 fully saturated rings. The molecule has 1 atom stereocenters. The van der Waals surface area contributed by atoms with Gasteiger partial charge in [-0.3, -0.25) is 0 Å². The molecule has 0 aromatic heterocycles. The van der Waals surface area contributed by atoms with Crippen molar-refractivity contribution in [3.8, 4) is 0 Å². The minimum absolute atomic E-state index is 0.899. The molecule has 0 radical (unpaired) electrons. The third-order valence-electron chi connectivity index (χ3n) is 2.71. The highest BCUT2D eigenvalue weighted by atomic mass is 15.1. The zero-order valence-corrected chi connectivity index (χ0v) is 9.97. The molecular weight excluding hydrogens is 158 g/mol. The fourth-order valence-corrected chi connectivity index (χ4v) is 1.57. The van der Waals surface area contributed by atoms with Crippen molar-refractivity contribution in [2.24, 2.45) is 5.92 Å². The quantitative estimate of drug-likeness (QED) is 0.559. The van der Waals surface area contributed by atoms with Crippen LogP contribution in [0.5, 0.6) is 0 Å². The number of hydrogen-bond donors (Lipinski definition) is 0. The van der Waals surface area contributed by atoms with Gasteiger partial charge in [0.2, 0.25) is 0 Å². The Kier molecular flexibility index (Phi) is 8.53. The first-order chi connectivity index (χ1) is 6.24.